The van der Waals surface area contributed by atoms with Gasteiger partial charge < -0.3 is 10.6 Å². The molecule has 1 aliphatic heterocycles. The third-order valence-corrected chi connectivity index (χ3v) is 4.16. The summed E-state index contributed by atoms with van der Waals surface area (Å²) < 4.78 is 13.1. The van der Waals surface area contributed by atoms with Gasteiger partial charge >= 0.3 is 6.03 Å². The molecule has 0 spiro atoms. The first-order valence-corrected chi connectivity index (χ1v) is 8.13. The Morgan fingerprint density at radius 2 is 1.96 bits per heavy atom. The molecule has 0 unspecified atom stereocenters. The van der Waals surface area contributed by atoms with Crippen molar-refractivity contribution < 1.29 is 9.18 Å². The van der Waals surface area contributed by atoms with Crippen molar-refractivity contribution in [3.05, 3.63) is 60.2 Å². The molecule has 0 aliphatic carbocycles. The number of carbonyl (C=O) groups excluding carboxylic acids is 1. The van der Waals surface area contributed by atoms with Gasteiger partial charge in [-0.15, -0.1) is 0 Å². The zero-order chi connectivity index (χ0) is 16.8. The average Bonchev–Trinajstić information content (AvgIpc) is 2.57. The van der Waals surface area contributed by atoms with Gasteiger partial charge in [0.2, 0.25) is 0 Å². The van der Waals surface area contributed by atoms with Crippen molar-refractivity contribution in [1.82, 2.24) is 15.2 Å². The van der Waals surface area contributed by atoms with E-state index in [0.29, 0.717) is 5.69 Å². The number of nitrogens with one attached hydrogen (secondary N) is 2. The fourth-order valence-corrected chi connectivity index (χ4v) is 2.90. The Morgan fingerprint density at radius 3 is 2.67 bits per heavy atom. The highest BCUT2D eigenvalue weighted by Crippen LogP contribution is 2.14. The van der Waals surface area contributed by atoms with Gasteiger partial charge in [0.05, 0.1) is 0 Å². The van der Waals surface area contributed by atoms with E-state index >= 15 is 0 Å². The molecule has 1 fully saturated rings. The lowest BCUT2D eigenvalue weighted by atomic mass is 10.0. The molecule has 126 valence electrons. The van der Waals surface area contributed by atoms with E-state index in [-0.39, 0.29) is 17.9 Å². The SMILES string of the molecule is O=C(Nc1cccc(F)c1)NC1CCN(Cc2ccncc2)CC1. The van der Waals surface area contributed by atoms with Gasteiger partial charge in [-0.3, -0.25) is 9.88 Å². The van der Waals surface area contributed by atoms with E-state index in [1.807, 2.05) is 12.1 Å². The minimum atomic E-state index is -0.364. The third kappa shape index (κ3) is 4.76. The first kappa shape index (κ1) is 16.4. The number of hydrogen-bond acceptors (Lipinski definition) is 3. The third-order valence-electron chi connectivity index (χ3n) is 4.16. The smallest absolute Gasteiger partial charge is 0.319 e. The minimum absolute atomic E-state index is 0.146. The Bertz CT molecular complexity index is 672. The molecule has 0 saturated carbocycles. The van der Waals surface area contributed by atoms with Crippen LogP contribution >= 0.6 is 0 Å². The van der Waals surface area contributed by atoms with Gasteiger partial charge in [-0.1, -0.05) is 6.07 Å². The first-order valence-electron chi connectivity index (χ1n) is 8.13. The van der Waals surface area contributed by atoms with Crippen LogP contribution in [0.4, 0.5) is 14.9 Å². The zero-order valence-electron chi connectivity index (χ0n) is 13.4. The van der Waals surface area contributed by atoms with Crippen LogP contribution in [0, 0.1) is 5.82 Å². The summed E-state index contributed by atoms with van der Waals surface area (Å²) in [6, 6.07) is 9.80. The number of pyridine rings is 1. The molecule has 2 N–H and O–H groups in total. The molecule has 24 heavy (non-hydrogen) atoms. The van der Waals surface area contributed by atoms with Gasteiger partial charge in [0.25, 0.3) is 0 Å². The number of anilines is 1. The number of urea groups is 1. The lowest BCUT2D eigenvalue weighted by molar-refractivity contribution is 0.190. The maximum Gasteiger partial charge on any atom is 0.319 e. The molecule has 5 nitrogen and oxygen atoms in total. The summed E-state index contributed by atoms with van der Waals surface area (Å²) in [5.74, 6) is -0.364. The molecule has 3 rings (SSSR count). The molecule has 2 heterocycles. The van der Waals surface area contributed by atoms with Gasteiger partial charge in [0.15, 0.2) is 0 Å². The molecule has 1 saturated heterocycles. The van der Waals surface area contributed by atoms with Crippen LogP contribution in [0.2, 0.25) is 0 Å². The molecule has 2 amide bonds. The maximum atomic E-state index is 13.1. The Labute approximate surface area is 140 Å². The quantitative estimate of drug-likeness (QED) is 0.907. The average molecular weight is 328 g/mol. The number of aromatic nitrogens is 1. The monoisotopic (exact) mass is 328 g/mol. The highest BCUT2D eigenvalue weighted by molar-refractivity contribution is 5.89. The minimum Gasteiger partial charge on any atom is -0.335 e. The van der Waals surface area contributed by atoms with Crippen LogP contribution in [-0.2, 0) is 6.54 Å². The summed E-state index contributed by atoms with van der Waals surface area (Å²) in [6.07, 6.45) is 5.42. The van der Waals surface area contributed by atoms with Crippen LogP contribution in [0.25, 0.3) is 0 Å². The summed E-state index contributed by atoms with van der Waals surface area (Å²) in [5, 5.41) is 5.63. The topological polar surface area (TPSA) is 57.3 Å². The lowest BCUT2D eigenvalue weighted by Crippen LogP contribution is -2.45. The van der Waals surface area contributed by atoms with Gasteiger partial charge in [0, 0.05) is 43.8 Å². The first-order chi connectivity index (χ1) is 11.7. The second-order valence-electron chi connectivity index (χ2n) is 6.01. The second kappa shape index (κ2) is 7.88. The standard InChI is InChI=1S/C18H21FN4O/c19-15-2-1-3-17(12-15)22-18(24)21-16-6-10-23(11-7-16)13-14-4-8-20-9-5-14/h1-5,8-9,12,16H,6-7,10-11,13H2,(H2,21,22,24). The van der Waals surface area contributed by atoms with Crippen molar-refractivity contribution >= 4 is 11.7 Å². The van der Waals surface area contributed by atoms with Gasteiger partial charge in [-0.2, -0.15) is 0 Å². The Balaban J connectivity index is 1.42. The summed E-state index contributed by atoms with van der Waals surface area (Å²) >= 11 is 0. The normalized spacial score (nSPS) is 15.9. The number of halogens is 1. The Kier molecular flexibility index (Phi) is 5.38. The van der Waals surface area contributed by atoms with Gasteiger partial charge in [0.1, 0.15) is 5.82 Å². The van der Waals surface area contributed by atoms with E-state index in [4.69, 9.17) is 0 Å². The largest absolute Gasteiger partial charge is 0.335 e. The summed E-state index contributed by atoms with van der Waals surface area (Å²) in [5.41, 5.74) is 1.71. The maximum absolute atomic E-state index is 13.1. The molecular weight excluding hydrogens is 307 g/mol. The highest BCUT2D eigenvalue weighted by Gasteiger charge is 2.20. The lowest BCUT2D eigenvalue weighted by Gasteiger charge is -2.32. The van der Waals surface area contributed by atoms with E-state index < -0.39 is 0 Å². The summed E-state index contributed by atoms with van der Waals surface area (Å²) in [4.78, 5) is 18.4. The molecule has 1 aliphatic rings. The van der Waals surface area contributed by atoms with E-state index in [1.54, 1.807) is 24.5 Å². The number of nitrogens with zero attached hydrogens (tertiary/aromatic N) is 2. The van der Waals surface area contributed by atoms with E-state index in [1.165, 1.54) is 17.7 Å². The van der Waals surface area contributed by atoms with Crippen LogP contribution in [0.15, 0.2) is 48.8 Å². The number of amides is 2. The molecule has 2 aromatic rings. The molecule has 0 radical (unpaired) electrons. The van der Waals surface area contributed by atoms with Crippen LogP contribution in [0.1, 0.15) is 18.4 Å². The number of rotatable bonds is 4. The second-order valence-corrected chi connectivity index (χ2v) is 6.01. The van der Waals surface area contributed by atoms with Crippen molar-refractivity contribution in [2.24, 2.45) is 0 Å². The van der Waals surface area contributed by atoms with Gasteiger partial charge in [-0.05, 0) is 48.7 Å². The number of likely N-dealkylation sites (tertiary alicyclic amines) is 1. The summed E-state index contributed by atoms with van der Waals surface area (Å²) in [6.45, 7) is 2.78. The van der Waals surface area contributed by atoms with Crippen molar-refractivity contribution in [2.75, 3.05) is 18.4 Å². The predicted octanol–water partition coefficient (Wildman–Crippen LogP) is 3.01. The molecule has 1 aromatic carbocycles. The van der Waals surface area contributed by atoms with Crippen LogP contribution in [0.3, 0.4) is 0 Å². The summed E-state index contributed by atoms with van der Waals surface area (Å²) in [7, 11) is 0. The van der Waals surface area contributed by atoms with Crippen LogP contribution in [-0.4, -0.2) is 35.0 Å². The van der Waals surface area contributed by atoms with Crippen molar-refractivity contribution in [2.45, 2.75) is 25.4 Å². The molecule has 6 heteroatoms. The Morgan fingerprint density at radius 1 is 1.21 bits per heavy atom. The van der Waals surface area contributed by atoms with E-state index in [0.717, 1.165) is 32.5 Å². The molecular formula is C18H21FN4O. The van der Waals surface area contributed by atoms with Crippen molar-refractivity contribution in [3.8, 4) is 0 Å². The predicted molar refractivity (Wildman–Crippen MR) is 91.1 cm³/mol. The number of hydrogen-bond donors (Lipinski definition) is 2. The van der Waals surface area contributed by atoms with Crippen LogP contribution in [0.5, 0.6) is 0 Å². The number of benzene rings is 1. The number of piperidine rings is 1. The van der Waals surface area contributed by atoms with Crippen molar-refractivity contribution in [1.29, 1.82) is 0 Å². The Hall–Kier alpha value is -2.47. The zero-order valence-corrected chi connectivity index (χ0v) is 13.4. The van der Waals surface area contributed by atoms with E-state index in [2.05, 4.69) is 20.5 Å². The molecule has 0 bridgehead atoms. The molecule has 0 atom stereocenters. The number of carbonyl (C=O) groups is 1. The van der Waals surface area contributed by atoms with Crippen molar-refractivity contribution in [3.63, 3.8) is 0 Å². The van der Waals surface area contributed by atoms with Crippen LogP contribution < -0.4 is 10.6 Å². The van der Waals surface area contributed by atoms with Gasteiger partial charge in [-0.25, -0.2) is 9.18 Å². The molecule has 1 aromatic heterocycles. The highest BCUT2D eigenvalue weighted by atomic mass is 19.1. The fourth-order valence-electron chi connectivity index (χ4n) is 2.90. The fraction of sp³-hybridized carbons (Fsp3) is 0.333. The van der Waals surface area contributed by atoms with E-state index in [9.17, 15) is 9.18 Å².